The Morgan fingerprint density at radius 3 is 2.09 bits per heavy atom. The fourth-order valence-corrected chi connectivity index (χ4v) is 3.60. The summed E-state index contributed by atoms with van der Waals surface area (Å²) in [5.74, 6) is -1.35. The van der Waals surface area contributed by atoms with Crippen molar-refractivity contribution in [2.45, 2.75) is 13.0 Å². The Balaban J connectivity index is 1.55. The Morgan fingerprint density at radius 2 is 1.40 bits per heavy atom. The number of anilines is 1. The van der Waals surface area contributed by atoms with E-state index in [-0.39, 0.29) is 17.3 Å². The Labute approximate surface area is 208 Å². The van der Waals surface area contributed by atoms with Crippen LogP contribution in [0.5, 0.6) is 0 Å². The van der Waals surface area contributed by atoms with Crippen molar-refractivity contribution in [1.82, 2.24) is 0 Å². The number of esters is 1. The molecule has 0 unspecified atom stereocenters. The van der Waals surface area contributed by atoms with Crippen LogP contribution in [0.15, 0.2) is 103 Å². The van der Waals surface area contributed by atoms with Gasteiger partial charge in [0.05, 0.1) is 5.56 Å². The molecule has 35 heavy (non-hydrogen) atoms. The van der Waals surface area contributed by atoms with Crippen LogP contribution in [0.1, 0.15) is 48.3 Å². The predicted octanol–water partition coefficient (Wildman–Crippen LogP) is 6.68. The van der Waals surface area contributed by atoms with Crippen LogP contribution >= 0.6 is 11.6 Å². The van der Waals surface area contributed by atoms with Gasteiger partial charge in [-0.1, -0.05) is 77.8 Å². The summed E-state index contributed by atoms with van der Waals surface area (Å²) in [5.41, 5.74) is 3.10. The molecular formula is C29H22ClNO4. The molecule has 0 saturated heterocycles. The van der Waals surface area contributed by atoms with E-state index in [9.17, 15) is 14.4 Å². The molecule has 1 N–H and O–H groups in total. The summed E-state index contributed by atoms with van der Waals surface area (Å²) in [6.07, 6.45) is -1.16. The largest absolute Gasteiger partial charge is 0.445 e. The first-order valence-corrected chi connectivity index (χ1v) is 11.3. The minimum atomic E-state index is -1.16. The van der Waals surface area contributed by atoms with Gasteiger partial charge in [-0.15, -0.1) is 0 Å². The van der Waals surface area contributed by atoms with Crippen LogP contribution in [0.25, 0.3) is 0 Å². The number of aryl methyl sites for hydroxylation is 1. The van der Waals surface area contributed by atoms with E-state index in [1.807, 2.05) is 19.1 Å². The molecule has 1 atom stereocenters. The molecule has 4 aromatic carbocycles. The molecule has 4 rings (SSSR count). The van der Waals surface area contributed by atoms with Gasteiger partial charge in [0.15, 0.2) is 6.10 Å². The molecule has 0 spiro atoms. The average molecular weight is 484 g/mol. The van der Waals surface area contributed by atoms with Gasteiger partial charge in [0, 0.05) is 27.4 Å². The average Bonchev–Trinajstić information content (AvgIpc) is 2.88. The number of hydrogen-bond acceptors (Lipinski definition) is 4. The fourth-order valence-electron chi connectivity index (χ4n) is 3.47. The topological polar surface area (TPSA) is 72.5 Å². The zero-order valence-corrected chi connectivity index (χ0v) is 19.7. The van der Waals surface area contributed by atoms with Gasteiger partial charge in [0.2, 0.25) is 5.78 Å². The number of ketones is 1. The standard InChI is InChI=1S/C29H22ClNO4/c1-19-10-12-22(13-11-19)28(33)31-25-9-5-8-23(18-25)29(34)35-27(21-14-16-24(30)17-15-21)26(32)20-6-3-2-4-7-20/h2-18,27H,1H3,(H,31,33)/t27-/m1/s1. The first kappa shape index (κ1) is 23.9. The molecule has 5 nitrogen and oxygen atoms in total. The number of halogens is 1. The summed E-state index contributed by atoms with van der Waals surface area (Å²) in [5, 5.41) is 3.29. The second-order valence-electron chi connectivity index (χ2n) is 7.97. The third kappa shape index (κ3) is 6.02. The number of amides is 1. The third-order valence-electron chi connectivity index (χ3n) is 5.36. The van der Waals surface area contributed by atoms with Crippen LogP contribution in [0, 0.1) is 6.92 Å². The van der Waals surface area contributed by atoms with Gasteiger partial charge < -0.3 is 10.1 Å². The molecule has 6 heteroatoms. The van der Waals surface area contributed by atoms with E-state index in [1.165, 1.54) is 6.07 Å². The monoisotopic (exact) mass is 483 g/mol. The Kier molecular flexibility index (Phi) is 7.38. The molecule has 174 valence electrons. The number of benzene rings is 4. The molecule has 0 aliphatic heterocycles. The third-order valence-corrected chi connectivity index (χ3v) is 5.62. The van der Waals surface area contributed by atoms with E-state index in [1.54, 1.807) is 84.9 Å². The van der Waals surface area contributed by atoms with Gasteiger partial charge in [-0.25, -0.2) is 4.79 Å². The van der Waals surface area contributed by atoms with Crippen LogP contribution in [0.2, 0.25) is 5.02 Å². The lowest BCUT2D eigenvalue weighted by atomic mass is 9.99. The summed E-state index contributed by atoms with van der Waals surface area (Å²) >= 11 is 6.00. The molecule has 0 saturated carbocycles. The van der Waals surface area contributed by atoms with Gasteiger partial charge in [0.25, 0.3) is 5.91 Å². The summed E-state index contributed by atoms with van der Waals surface area (Å²) in [7, 11) is 0. The summed E-state index contributed by atoms with van der Waals surface area (Å²) in [6.45, 7) is 1.94. The molecule has 0 heterocycles. The van der Waals surface area contributed by atoms with Crippen LogP contribution in [-0.4, -0.2) is 17.7 Å². The number of Topliss-reactive ketones (excluding diaryl/α,β-unsaturated/α-hetero) is 1. The molecule has 0 fully saturated rings. The van der Waals surface area contributed by atoms with Crippen molar-refractivity contribution in [3.05, 3.63) is 136 Å². The van der Waals surface area contributed by atoms with Crippen molar-refractivity contribution in [1.29, 1.82) is 0 Å². The highest BCUT2D eigenvalue weighted by Crippen LogP contribution is 2.26. The molecular weight excluding hydrogens is 462 g/mol. The van der Waals surface area contributed by atoms with Crippen molar-refractivity contribution in [3.8, 4) is 0 Å². The first-order valence-electron chi connectivity index (χ1n) is 10.9. The van der Waals surface area contributed by atoms with Gasteiger partial charge in [-0.3, -0.25) is 9.59 Å². The minimum absolute atomic E-state index is 0.200. The smallest absolute Gasteiger partial charge is 0.339 e. The van der Waals surface area contributed by atoms with Crippen molar-refractivity contribution in [2.24, 2.45) is 0 Å². The molecule has 0 aliphatic carbocycles. The second-order valence-corrected chi connectivity index (χ2v) is 8.40. The van der Waals surface area contributed by atoms with Crippen LogP contribution < -0.4 is 5.32 Å². The second kappa shape index (κ2) is 10.8. The van der Waals surface area contributed by atoms with Crippen molar-refractivity contribution in [3.63, 3.8) is 0 Å². The fraction of sp³-hybridized carbons (Fsp3) is 0.0690. The lowest BCUT2D eigenvalue weighted by Gasteiger charge is -2.18. The number of carbonyl (C=O) groups is 3. The zero-order chi connectivity index (χ0) is 24.8. The Morgan fingerprint density at radius 1 is 0.743 bits per heavy atom. The normalized spacial score (nSPS) is 11.4. The molecule has 0 aromatic heterocycles. The van der Waals surface area contributed by atoms with Crippen LogP contribution in [-0.2, 0) is 4.74 Å². The van der Waals surface area contributed by atoms with Gasteiger partial charge in [0.1, 0.15) is 0 Å². The lowest BCUT2D eigenvalue weighted by molar-refractivity contribution is 0.0280. The molecule has 1 amide bonds. The minimum Gasteiger partial charge on any atom is -0.445 e. The molecule has 4 aromatic rings. The van der Waals surface area contributed by atoms with E-state index in [0.29, 0.717) is 27.4 Å². The Bertz CT molecular complexity index is 1350. The summed E-state index contributed by atoms with van der Waals surface area (Å²) in [6, 6.07) is 28.8. The first-order chi connectivity index (χ1) is 16.9. The number of carbonyl (C=O) groups excluding carboxylic acids is 3. The maximum Gasteiger partial charge on any atom is 0.339 e. The molecule has 0 radical (unpaired) electrons. The van der Waals surface area contributed by atoms with Crippen molar-refractivity contribution >= 4 is 34.9 Å². The Hall–Kier alpha value is -4.22. The number of ether oxygens (including phenoxy) is 1. The van der Waals surface area contributed by atoms with Crippen LogP contribution in [0.3, 0.4) is 0 Å². The maximum atomic E-state index is 13.2. The maximum absolute atomic E-state index is 13.2. The quantitative estimate of drug-likeness (QED) is 0.235. The highest BCUT2D eigenvalue weighted by molar-refractivity contribution is 6.30. The SMILES string of the molecule is Cc1ccc(C(=O)Nc2cccc(C(=O)O[C@@H](C(=O)c3ccccc3)c3ccc(Cl)cc3)c2)cc1. The van der Waals surface area contributed by atoms with E-state index in [4.69, 9.17) is 16.3 Å². The van der Waals surface area contributed by atoms with Crippen molar-refractivity contribution < 1.29 is 19.1 Å². The number of rotatable bonds is 7. The van der Waals surface area contributed by atoms with Crippen LogP contribution in [0.4, 0.5) is 5.69 Å². The molecule has 0 aliphatic rings. The van der Waals surface area contributed by atoms with Crippen molar-refractivity contribution in [2.75, 3.05) is 5.32 Å². The zero-order valence-electron chi connectivity index (χ0n) is 18.9. The highest BCUT2D eigenvalue weighted by atomic mass is 35.5. The van der Waals surface area contributed by atoms with E-state index in [2.05, 4.69) is 5.32 Å². The summed E-state index contributed by atoms with van der Waals surface area (Å²) in [4.78, 5) is 38.8. The lowest BCUT2D eigenvalue weighted by Crippen LogP contribution is -2.20. The van der Waals surface area contributed by atoms with E-state index in [0.717, 1.165) is 5.56 Å². The highest BCUT2D eigenvalue weighted by Gasteiger charge is 2.27. The summed E-state index contributed by atoms with van der Waals surface area (Å²) < 4.78 is 5.69. The van der Waals surface area contributed by atoms with Gasteiger partial charge in [-0.05, 0) is 49.4 Å². The molecule has 0 bridgehead atoms. The number of hydrogen-bond donors (Lipinski definition) is 1. The predicted molar refractivity (Wildman–Crippen MR) is 136 cm³/mol. The van der Waals surface area contributed by atoms with E-state index >= 15 is 0 Å². The van der Waals surface area contributed by atoms with Gasteiger partial charge >= 0.3 is 5.97 Å². The van der Waals surface area contributed by atoms with E-state index < -0.39 is 12.1 Å². The van der Waals surface area contributed by atoms with Gasteiger partial charge in [-0.2, -0.15) is 0 Å². The number of nitrogens with one attached hydrogen (secondary N) is 1.